The van der Waals surface area contributed by atoms with E-state index in [1.165, 1.54) is 18.2 Å². The van der Waals surface area contributed by atoms with Gasteiger partial charge in [-0.05, 0) is 23.8 Å². The summed E-state index contributed by atoms with van der Waals surface area (Å²) in [6.45, 7) is 0.327. The first-order chi connectivity index (χ1) is 9.20. The van der Waals surface area contributed by atoms with Crippen LogP contribution in [0.4, 0.5) is 0 Å². The van der Waals surface area contributed by atoms with Gasteiger partial charge in [0, 0.05) is 0 Å². The summed E-state index contributed by atoms with van der Waals surface area (Å²) in [4.78, 5) is 21.7. The molecule has 4 heteroatoms. The molecule has 0 atom stereocenters. The lowest BCUT2D eigenvalue weighted by Crippen LogP contribution is -2.01. The number of carboxylic acid groups (broad SMARTS) is 1. The van der Waals surface area contributed by atoms with Gasteiger partial charge in [0.15, 0.2) is 6.29 Å². The first-order valence-corrected chi connectivity index (χ1v) is 5.70. The Hall–Kier alpha value is -2.62. The van der Waals surface area contributed by atoms with Crippen molar-refractivity contribution in [2.75, 3.05) is 0 Å². The molecule has 0 spiro atoms. The van der Waals surface area contributed by atoms with Crippen LogP contribution in [0.2, 0.25) is 0 Å². The number of benzene rings is 2. The maximum absolute atomic E-state index is 10.9. The second-order valence-corrected chi connectivity index (χ2v) is 3.95. The highest BCUT2D eigenvalue weighted by molar-refractivity contribution is 5.91. The molecule has 0 amide bonds. The molecule has 0 aliphatic heterocycles. The molecule has 0 aromatic heterocycles. The second-order valence-electron chi connectivity index (χ2n) is 3.95. The molecule has 0 bridgehead atoms. The largest absolute Gasteiger partial charge is 0.488 e. The monoisotopic (exact) mass is 256 g/mol. The number of ether oxygens (including phenoxy) is 1. The van der Waals surface area contributed by atoms with Gasteiger partial charge in [-0.3, -0.25) is 4.79 Å². The molecular formula is C15H12O4. The molecule has 0 unspecified atom stereocenters. The molecule has 4 nitrogen and oxygen atoms in total. The average Bonchev–Trinajstić information content (AvgIpc) is 2.45. The second kappa shape index (κ2) is 5.82. The van der Waals surface area contributed by atoms with Crippen LogP contribution in [0.5, 0.6) is 5.75 Å². The summed E-state index contributed by atoms with van der Waals surface area (Å²) in [6.07, 6.45) is 0.590. The van der Waals surface area contributed by atoms with E-state index in [1.807, 2.05) is 30.3 Å². The number of hydrogen-bond acceptors (Lipinski definition) is 3. The van der Waals surface area contributed by atoms with Gasteiger partial charge in [-0.15, -0.1) is 0 Å². The van der Waals surface area contributed by atoms with E-state index in [4.69, 9.17) is 9.84 Å². The topological polar surface area (TPSA) is 63.6 Å². The van der Waals surface area contributed by atoms with E-state index in [1.54, 1.807) is 0 Å². The molecule has 19 heavy (non-hydrogen) atoms. The summed E-state index contributed by atoms with van der Waals surface area (Å²) in [7, 11) is 0. The van der Waals surface area contributed by atoms with Crippen LogP contribution in [0.15, 0.2) is 48.5 Å². The van der Waals surface area contributed by atoms with Crippen LogP contribution < -0.4 is 4.74 Å². The van der Waals surface area contributed by atoms with E-state index in [0.29, 0.717) is 18.6 Å². The van der Waals surface area contributed by atoms with Crippen molar-refractivity contribution in [3.8, 4) is 5.75 Å². The van der Waals surface area contributed by atoms with Crippen LogP contribution in [0, 0.1) is 0 Å². The Labute approximate surface area is 110 Å². The van der Waals surface area contributed by atoms with Crippen LogP contribution in [0.3, 0.4) is 0 Å². The van der Waals surface area contributed by atoms with Crippen LogP contribution in [-0.2, 0) is 6.61 Å². The fraction of sp³-hybridized carbons (Fsp3) is 0.0667. The van der Waals surface area contributed by atoms with Crippen LogP contribution in [-0.4, -0.2) is 17.4 Å². The number of rotatable bonds is 5. The standard InChI is InChI=1S/C15H12O4/c16-9-13-8-12(15(17)18)6-7-14(13)19-10-11-4-2-1-3-5-11/h1-9H,10H2,(H,17,18). The quantitative estimate of drug-likeness (QED) is 0.835. The fourth-order valence-electron chi connectivity index (χ4n) is 1.64. The maximum Gasteiger partial charge on any atom is 0.335 e. The normalized spacial score (nSPS) is 9.89. The van der Waals surface area contributed by atoms with Crippen molar-refractivity contribution in [1.82, 2.24) is 0 Å². The Kier molecular flexibility index (Phi) is 3.93. The Bertz CT molecular complexity index is 590. The minimum absolute atomic E-state index is 0.0640. The van der Waals surface area contributed by atoms with Crippen LogP contribution in [0.1, 0.15) is 26.3 Å². The molecule has 2 aromatic rings. The fourth-order valence-corrected chi connectivity index (χ4v) is 1.64. The number of carboxylic acids is 1. The summed E-state index contributed by atoms with van der Waals surface area (Å²) >= 11 is 0. The predicted molar refractivity (Wildman–Crippen MR) is 69.6 cm³/mol. The van der Waals surface area contributed by atoms with Crippen LogP contribution >= 0.6 is 0 Å². The van der Waals surface area contributed by atoms with E-state index in [2.05, 4.69) is 0 Å². The Morgan fingerprint density at radius 1 is 1.16 bits per heavy atom. The van der Waals surface area contributed by atoms with Gasteiger partial charge in [-0.1, -0.05) is 30.3 Å². The molecule has 2 aromatic carbocycles. The third-order valence-corrected chi connectivity index (χ3v) is 2.62. The highest BCUT2D eigenvalue weighted by atomic mass is 16.5. The van der Waals surface area contributed by atoms with Crippen molar-refractivity contribution in [3.63, 3.8) is 0 Å². The third kappa shape index (κ3) is 3.19. The van der Waals surface area contributed by atoms with Crippen LogP contribution in [0.25, 0.3) is 0 Å². The molecule has 0 heterocycles. The molecule has 0 saturated heterocycles. The Balaban J connectivity index is 2.16. The van der Waals surface area contributed by atoms with Crippen molar-refractivity contribution >= 4 is 12.3 Å². The van der Waals surface area contributed by atoms with Gasteiger partial charge in [-0.2, -0.15) is 0 Å². The van der Waals surface area contributed by atoms with E-state index in [-0.39, 0.29) is 11.1 Å². The molecule has 0 fully saturated rings. The summed E-state index contributed by atoms with van der Waals surface area (Å²) in [5.74, 6) is -0.693. The number of aromatic carboxylic acids is 1. The van der Waals surface area contributed by atoms with Gasteiger partial charge in [0.2, 0.25) is 0 Å². The van der Waals surface area contributed by atoms with Crippen molar-refractivity contribution < 1.29 is 19.4 Å². The Morgan fingerprint density at radius 3 is 2.53 bits per heavy atom. The molecule has 0 aliphatic carbocycles. The summed E-state index contributed by atoms with van der Waals surface area (Å²) in [5.41, 5.74) is 1.27. The molecular weight excluding hydrogens is 244 g/mol. The zero-order valence-electron chi connectivity index (χ0n) is 10.1. The molecule has 0 radical (unpaired) electrons. The van der Waals surface area contributed by atoms with Gasteiger partial charge in [-0.25, -0.2) is 4.79 Å². The SMILES string of the molecule is O=Cc1cc(C(=O)O)ccc1OCc1ccccc1. The minimum atomic E-state index is -1.07. The van der Waals surface area contributed by atoms with E-state index in [9.17, 15) is 9.59 Å². The highest BCUT2D eigenvalue weighted by Crippen LogP contribution is 2.20. The molecule has 2 rings (SSSR count). The third-order valence-electron chi connectivity index (χ3n) is 2.62. The van der Waals surface area contributed by atoms with Gasteiger partial charge >= 0.3 is 5.97 Å². The van der Waals surface area contributed by atoms with Crippen molar-refractivity contribution in [1.29, 1.82) is 0 Å². The summed E-state index contributed by atoms with van der Waals surface area (Å²) in [5, 5.41) is 8.85. The molecule has 0 saturated carbocycles. The van der Waals surface area contributed by atoms with Crippen molar-refractivity contribution in [3.05, 3.63) is 65.2 Å². The summed E-state index contributed by atoms with van der Waals surface area (Å²) < 4.78 is 5.52. The lowest BCUT2D eigenvalue weighted by Gasteiger charge is -2.09. The zero-order chi connectivity index (χ0) is 13.7. The van der Waals surface area contributed by atoms with Gasteiger partial charge in [0.1, 0.15) is 12.4 Å². The molecule has 1 N–H and O–H groups in total. The van der Waals surface area contributed by atoms with Gasteiger partial charge in [0.05, 0.1) is 11.1 Å². The number of carbonyl (C=O) groups is 2. The Morgan fingerprint density at radius 2 is 1.89 bits per heavy atom. The van der Waals surface area contributed by atoms with Gasteiger partial charge < -0.3 is 9.84 Å². The highest BCUT2D eigenvalue weighted by Gasteiger charge is 2.09. The zero-order valence-corrected chi connectivity index (χ0v) is 10.1. The van der Waals surface area contributed by atoms with E-state index in [0.717, 1.165) is 5.56 Å². The first kappa shape index (κ1) is 12.8. The van der Waals surface area contributed by atoms with Crippen molar-refractivity contribution in [2.45, 2.75) is 6.61 Å². The molecule has 0 aliphatic rings. The summed E-state index contributed by atoms with van der Waals surface area (Å²) in [6, 6.07) is 13.7. The maximum atomic E-state index is 10.9. The minimum Gasteiger partial charge on any atom is -0.488 e. The van der Waals surface area contributed by atoms with Gasteiger partial charge in [0.25, 0.3) is 0 Å². The number of carbonyl (C=O) groups excluding carboxylic acids is 1. The number of aldehydes is 1. The predicted octanol–water partition coefficient (Wildman–Crippen LogP) is 2.78. The number of hydrogen-bond donors (Lipinski definition) is 1. The lowest BCUT2D eigenvalue weighted by atomic mass is 10.1. The average molecular weight is 256 g/mol. The smallest absolute Gasteiger partial charge is 0.335 e. The van der Waals surface area contributed by atoms with E-state index >= 15 is 0 Å². The first-order valence-electron chi connectivity index (χ1n) is 5.70. The lowest BCUT2D eigenvalue weighted by molar-refractivity contribution is 0.0697. The molecule has 96 valence electrons. The van der Waals surface area contributed by atoms with E-state index < -0.39 is 5.97 Å². The van der Waals surface area contributed by atoms with Crippen molar-refractivity contribution in [2.24, 2.45) is 0 Å².